The molecule has 3 aromatic rings. The Kier molecular flexibility index (Phi) is 5.44. The lowest BCUT2D eigenvalue weighted by molar-refractivity contribution is 0.580. The Bertz CT molecular complexity index is 973. The van der Waals surface area contributed by atoms with Gasteiger partial charge in [-0.3, -0.25) is 0 Å². The third-order valence-corrected chi connectivity index (χ3v) is 5.63. The number of aromatic nitrogens is 2. The van der Waals surface area contributed by atoms with Crippen LogP contribution in [0.15, 0.2) is 61.2 Å². The number of hydrogen-bond acceptors (Lipinski definition) is 3. The Hall–Kier alpha value is -1.86. The quantitative estimate of drug-likeness (QED) is 0.690. The van der Waals surface area contributed by atoms with Crippen LogP contribution in [-0.2, 0) is 22.3 Å². The minimum Gasteiger partial charge on any atom is -0.306 e. The standard InChI is InChI=1S/C17H15Cl2N3O2S/c18-15-6-5-13(9-16(15)19)11-25(23,24)21-10-14-3-1-2-4-17(14)22-8-7-20-12-22/h1-9,12,21H,10-11H2. The molecule has 0 bridgehead atoms. The Morgan fingerprint density at radius 1 is 1.08 bits per heavy atom. The Balaban J connectivity index is 1.74. The average Bonchev–Trinajstić information content (AvgIpc) is 3.11. The van der Waals surface area contributed by atoms with E-state index >= 15 is 0 Å². The molecule has 0 amide bonds. The van der Waals surface area contributed by atoms with Crippen molar-refractivity contribution >= 4 is 33.2 Å². The van der Waals surface area contributed by atoms with Gasteiger partial charge in [0.25, 0.3) is 0 Å². The maximum Gasteiger partial charge on any atom is 0.216 e. The predicted octanol–water partition coefficient (Wildman–Crippen LogP) is 3.80. The minimum atomic E-state index is -3.52. The van der Waals surface area contributed by atoms with E-state index in [1.165, 1.54) is 0 Å². The van der Waals surface area contributed by atoms with Crippen molar-refractivity contribution in [3.8, 4) is 5.69 Å². The summed E-state index contributed by atoms with van der Waals surface area (Å²) in [6, 6.07) is 12.3. The molecule has 0 saturated heterocycles. The highest BCUT2D eigenvalue weighted by molar-refractivity contribution is 7.88. The molecule has 1 heterocycles. The monoisotopic (exact) mass is 395 g/mol. The second-order valence-electron chi connectivity index (χ2n) is 5.43. The number of para-hydroxylation sites is 1. The zero-order valence-electron chi connectivity index (χ0n) is 13.1. The van der Waals surface area contributed by atoms with Gasteiger partial charge in [-0.15, -0.1) is 0 Å². The van der Waals surface area contributed by atoms with E-state index in [1.54, 1.807) is 30.7 Å². The molecule has 0 aliphatic carbocycles. The van der Waals surface area contributed by atoms with Crippen LogP contribution >= 0.6 is 23.2 Å². The molecule has 0 aliphatic heterocycles. The maximum absolute atomic E-state index is 12.4. The molecule has 0 unspecified atom stereocenters. The highest BCUT2D eigenvalue weighted by Crippen LogP contribution is 2.23. The third kappa shape index (κ3) is 4.61. The van der Waals surface area contributed by atoms with Gasteiger partial charge in [0.05, 0.1) is 27.8 Å². The van der Waals surface area contributed by atoms with Gasteiger partial charge in [0.15, 0.2) is 0 Å². The number of imidazole rings is 1. The van der Waals surface area contributed by atoms with E-state index in [2.05, 4.69) is 9.71 Å². The molecule has 130 valence electrons. The van der Waals surface area contributed by atoms with Crippen LogP contribution in [0, 0.1) is 0 Å². The van der Waals surface area contributed by atoms with E-state index < -0.39 is 10.0 Å². The second-order valence-corrected chi connectivity index (χ2v) is 8.05. The number of halogens is 2. The number of nitrogens with zero attached hydrogens (tertiary/aromatic N) is 2. The molecule has 2 aromatic carbocycles. The lowest BCUT2D eigenvalue weighted by Gasteiger charge is -2.12. The number of benzene rings is 2. The van der Waals surface area contributed by atoms with Gasteiger partial charge in [-0.1, -0.05) is 47.5 Å². The van der Waals surface area contributed by atoms with Gasteiger partial charge in [-0.05, 0) is 29.3 Å². The summed E-state index contributed by atoms with van der Waals surface area (Å²) >= 11 is 11.8. The highest BCUT2D eigenvalue weighted by atomic mass is 35.5. The summed E-state index contributed by atoms with van der Waals surface area (Å²) in [7, 11) is -3.52. The van der Waals surface area contributed by atoms with E-state index in [-0.39, 0.29) is 12.3 Å². The average molecular weight is 396 g/mol. The summed E-state index contributed by atoms with van der Waals surface area (Å²) in [5.41, 5.74) is 2.29. The zero-order chi connectivity index (χ0) is 17.9. The first kappa shape index (κ1) is 17.9. The first-order valence-electron chi connectivity index (χ1n) is 7.42. The molecular weight excluding hydrogens is 381 g/mol. The topological polar surface area (TPSA) is 64.0 Å². The fourth-order valence-corrected chi connectivity index (χ4v) is 3.82. The van der Waals surface area contributed by atoms with Crippen molar-refractivity contribution in [1.29, 1.82) is 0 Å². The van der Waals surface area contributed by atoms with Crippen LogP contribution in [0.3, 0.4) is 0 Å². The van der Waals surface area contributed by atoms with Crippen molar-refractivity contribution in [2.75, 3.05) is 0 Å². The van der Waals surface area contributed by atoms with E-state index in [4.69, 9.17) is 23.2 Å². The first-order chi connectivity index (χ1) is 11.9. The lowest BCUT2D eigenvalue weighted by atomic mass is 10.2. The van der Waals surface area contributed by atoms with Crippen LogP contribution in [0.4, 0.5) is 0 Å². The van der Waals surface area contributed by atoms with Crippen molar-refractivity contribution in [3.63, 3.8) is 0 Å². The van der Waals surface area contributed by atoms with Crippen LogP contribution in [0.5, 0.6) is 0 Å². The van der Waals surface area contributed by atoms with Gasteiger partial charge in [0.2, 0.25) is 10.0 Å². The Labute approximate surface area is 156 Å². The Morgan fingerprint density at radius 3 is 2.60 bits per heavy atom. The molecule has 1 aromatic heterocycles. The number of nitrogens with one attached hydrogen (secondary N) is 1. The largest absolute Gasteiger partial charge is 0.306 e. The van der Waals surface area contributed by atoms with Crippen LogP contribution in [-0.4, -0.2) is 18.0 Å². The SMILES string of the molecule is O=S(=O)(Cc1ccc(Cl)c(Cl)c1)NCc1ccccc1-n1ccnc1. The highest BCUT2D eigenvalue weighted by Gasteiger charge is 2.14. The molecule has 0 saturated carbocycles. The number of rotatable bonds is 6. The molecule has 5 nitrogen and oxygen atoms in total. The van der Waals surface area contributed by atoms with Gasteiger partial charge in [-0.2, -0.15) is 0 Å². The summed E-state index contributed by atoms with van der Waals surface area (Å²) in [5, 5.41) is 0.727. The van der Waals surface area contributed by atoms with Crippen molar-refractivity contribution in [3.05, 3.63) is 82.4 Å². The molecule has 0 radical (unpaired) electrons. The molecule has 0 atom stereocenters. The van der Waals surface area contributed by atoms with Gasteiger partial charge in [-0.25, -0.2) is 18.1 Å². The minimum absolute atomic E-state index is 0.170. The zero-order valence-corrected chi connectivity index (χ0v) is 15.4. The lowest BCUT2D eigenvalue weighted by Crippen LogP contribution is -2.25. The summed E-state index contributed by atoms with van der Waals surface area (Å²) in [6.07, 6.45) is 5.15. The van der Waals surface area contributed by atoms with Gasteiger partial charge in [0, 0.05) is 18.9 Å². The third-order valence-electron chi connectivity index (χ3n) is 3.60. The summed E-state index contributed by atoms with van der Waals surface area (Å²) in [4.78, 5) is 4.02. The van der Waals surface area contributed by atoms with Crippen LogP contribution in [0.2, 0.25) is 10.0 Å². The first-order valence-corrected chi connectivity index (χ1v) is 9.83. The van der Waals surface area contributed by atoms with Gasteiger partial charge >= 0.3 is 0 Å². The summed E-state index contributed by atoms with van der Waals surface area (Å²) < 4.78 is 29.2. The molecule has 8 heteroatoms. The van der Waals surface area contributed by atoms with E-state index in [0.29, 0.717) is 15.6 Å². The molecule has 0 fully saturated rings. The molecule has 0 aliphatic rings. The fraction of sp³-hybridized carbons (Fsp3) is 0.118. The fourth-order valence-electron chi connectivity index (χ4n) is 2.40. The molecule has 3 rings (SSSR count). The van der Waals surface area contributed by atoms with Gasteiger partial charge in [0.1, 0.15) is 0 Å². The van der Waals surface area contributed by atoms with Crippen molar-refractivity contribution in [2.24, 2.45) is 0 Å². The normalized spacial score (nSPS) is 11.6. The summed E-state index contributed by atoms with van der Waals surface area (Å²) in [6.45, 7) is 0.179. The second kappa shape index (κ2) is 7.58. The maximum atomic E-state index is 12.4. The van der Waals surface area contributed by atoms with Crippen molar-refractivity contribution < 1.29 is 8.42 Å². The van der Waals surface area contributed by atoms with Crippen molar-refractivity contribution in [2.45, 2.75) is 12.3 Å². The van der Waals surface area contributed by atoms with E-state index in [1.807, 2.05) is 35.0 Å². The van der Waals surface area contributed by atoms with Gasteiger partial charge < -0.3 is 4.57 Å². The molecular formula is C17H15Cl2N3O2S. The molecule has 25 heavy (non-hydrogen) atoms. The Morgan fingerprint density at radius 2 is 1.88 bits per heavy atom. The number of sulfonamides is 1. The smallest absolute Gasteiger partial charge is 0.216 e. The van der Waals surface area contributed by atoms with Crippen LogP contribution in [0.1, 0.15) is 11.1 Å². The van der Waals surface area contributed by atoms with E-state index in [0.717, 1.165) is 11.3 Å². The number of hydrogen-bond donors (Lipinski definition) is 1. The van der Waals surface area contributed by atoms with Crippen LogP contribution < -0.4 is 4.72 Å². The predicted molar refractivity (Wildman–Crippen MR) is 99.5 cm³/mol. The van der Waals surface area contributed by atoms with E-state index in [9.17, 15) is 8.42 Å². The molecule has 0 spiro atoms. The van der Waals surface area contributed by atoms with Crippen molar-refractivity contribution in [1.82, 2.24) is 14.3 Å². The molecule has 1 N–H and O–H groups in total. The van der Waals surface area contributed by atoms with Crippen LogP contribution in [0.25, 0.3) is 5.69 Å². The summed E-state index contributed by atoms with van der Waals surface area (Å²) in [5.74, 6) is -0.170.